The smallest absolute Gasteiger partial charge is 0.156 e. The highest BCUT2D eigenvalue weighted by molar-refractivity contribution is 5.91. The van der Waals surface area contributed by atoms with Crippen molar-refractivity contribution in [3.63, 3.8) is 0 Å². The summed E-state index contributed by atoms with van der Waals surface area (Å²) in [7, 11) is 0. The summed E-state index contributed by atoms with van der Waals surface area (Å²) in [4.78, 5) is 11.8. The van der Waals surface area contributed by atoms with Crippen LogP contribution in [0.25, 0.3) is 0 Å². The number of nitrogens with zero attached hydrogens (tertiary/aromatic N) is 1. The first kappa shape index (κ1) is 15.4. The van der Waals surface area contributed by atoms with Crippen molar-refractivity contribution >= 4 is 5.78 Å². The molecular weight excluding hydrogens is 286 g/mol. The van der Waals surface area contributed by atoms with Crippen LogP contribution in [-0.4, -0.2) is 16.5 Å². The van der Waals surface area contributed by atoms with E-state index in [0.717, 1.165) is 38.5 Å². The van der Waals surface area contributed by atoms with Crippen LogP contribution >= 0.6 is 0 Å². The van der Waals surface area contributed by atoms with Gasteiger partial charge in [-0.2, -0.15) is 5.26 Å². The Kier molecular flexibility index (Phi) is 3.14. The van der Waals surface area contributed by atoms with E-state index in [1.165, 1.54) is 5.57 Å². The fourth-order valence-corrected chi connectivity index (χ4v) is 6.76. The Bertz CT molecular complexity index is 632. The number of carbonyl (C=O) groups is 1. The predicted octanol–water partition coefficient (Wildman–Crippen LogP) is 3.77. The number of rotatable bonds is 0. The van der Waals surface area contributed by atoms with Gasteiger partial charge in [-0.15, -0.1) is 0 Å². The van der Waals surface area contributed by atoms with Gasteiger partial charge in [0.25, 0.3) is 0 Å². The minimum Gasteiger partial charge on any atom is -0.375 e. The summed E-state index contributed by atoms with van der Waals surface area (Å²) in [6.07, 6.45) is 9.42. The minimum absolute atomic E-state index is 0.172. The number of aliphatic hydroxyl groups is 1. The molecule has 0 aromatic rings. The molecule has 3 saturated carbocycles. The average Bonchev–Trinajstić information content (AvgIpc) is 2.80. The first-order valence-electron chi connectivity index (χ1n) is 9.22. The number of hydrogen-bond acceptors (Lipinski definition) is 3. The normalized spacial score (nSPS) is 52.0. The third-order valence-corrected chi connectivity index (χ3v) is 8.30. The van der Waals surface area contributed by atoms with E-state index < -0.39 is 5.60 Å². The highest BCUT2D eigenvalue weighted by atomic mass is 16.3. The molecule has 4 rings (SSSR count). The van der Waals surface area contributed by atoms with Crippen LogP contribution in [0.1, 0.15) is 65.2 Å². The topological polar surface area (TPSA) is 61.1 Å². The lowest BCUT2D eigenvalue weighted by Gasteiger charge is -2.58. The molecule has 0 spiro atoms. The summed E-state index contributed by atoms with van der Waals surface area (Å²) >= 11 is 0. The second-order valence-corrected chi connectivity index (χ2v) is 8.94. The maximum absolute atomic E-state index is 11.8. The molecule has 1 N–H and O–H groups in total. The maximum atomic E-state index is 11.8. The van der Waals surface area contributed by atoms with Crippen molar-refractivity contribution in [2.24, 2.45) is 28.6 Å². The molecule has 124 valence electrons. The van der Waals surface area contributed by atoms with Crippen LogP contribution in [0, 0.1) is 39.9 Å². The third kappa shape index (κ3) is 1.82. The fraction of sp³-hybridized carbons (Fsp3) is 0.800. The zero-order valence-electron chi connectivity index (χ0n) is 14.3. The monoisotopic (exact) mass is 313 g/mol. The largest absolute Gasteiger partial charge is 0.375 e. The number of fused-ring (bicyclic) bond motifs is 5. The number of hydrogen-bond donors (Lipinski definition) is 1. The van der Waals surface area contributed by atoms with Crippen molar-refractivity contribution < 1.29 is 9.90 Å². The van der Waals surface area contributed by atoms with Gasteiger partial charge in [-0.1, -0.05) is 19.4 Å². The van der Waals surface area contributed by atoms with E-state index in [1.54, 1.807) is 0 Å². The predicted molar refractivity (Wildman–Crippen MR) is 87.3 cm³/mol. The quantitative estimate of drug-likeness (QED) is 0.692. The Morgan fingerprint density at radius 3 is 2.61 bits per heavy atom. The summed E-state index contributed by atoms with van der Waals surface area (Å²) in [6.45, 7) is 4.53. The summed E-state index contributed by atoms with van der Waals surface area (Å²) in [5.41, 5.74) is 0.172. The van der Waals surface area contributed by atoms with Gasteiger partial charge in [0, 0.05) is 11.8 Å². The summed E-state index contributed by atoms with van der Waals surface area (Å²) < 4.78 is 0. The lowest BCUT2D eigenvalue weighted by atomic mass is 9.46. The lowest BCUT2D eigenvalue weighted by molar-refractivity contribution is -0.119. The highest BCUT2D eigenvalue weighted by Crippen LogP contribution is 2.67. The molecule has 23 heavy (non-hydrogen) atoms. The number of nitriles is 1. The molecule has 0 aromatic heterocycles. The average molecular weight is 313 g/mol. The Morgan fingerprint density at radius 1 is 1.13 bits per heavy atom. The molecular formula is C20H27NO2. The molecule has 3 nitrogen and oxygen atoms in total. The van der Waals surface area contributed by atoms with E-state index in [1.807, 2.05) is 6.08 Å². The van der Waals surface area contributed by atoms with Crippen LogP contribution in [0.4, 0.5) is 0 Å². The van der Waals surface area contributed by atoms with Crippen LogP contribution in [0.2, 0.25) is 0 Å². The summed E-state index contributed by atoms with van der Waals surface area (Å²) in [6, 6.07) is 2.25. The van der Waals surface area contributed by atoms with Gasteiger partial charge in [-0.3, -0.25) is 4.79 Å². The zero-order valence-corrected chi connectivity index (χ0v) is 14.3. The van der Waals surface area contributed by atoms with E-state index in [0.29, 0.717) is 36.4 Å². The summed E-state index contributed by atoms with van der Waals surface area (Å²) in [5.74, 6) is 1.99. The van der Waals surface area contributed by atoms with Crippen molar-refractivity contribution in [3.05, 3.63) is 11.6 Å². The molecule has 0 amide bonds. The van der Waals surface area contributed by atoms with Gasteiger partial charge >= 0.3 is 0 Å². The van der Waals surface area contributed by atoms with Crippen LogP contribution in [-0.2, 0) is 4.79 Å². The van der Waals surface area contributed by atoms with Gasteiger partial charge in [-0.25, -0.2) is 0 Å². The molecule has 3 heteroatoms. The molecule has 6 atom stereocenters. The SMILES string of the molecule is C[C@]12CCC(=O)C=C1CC[C@@H]1[C@H]2CC[C@@]2(C)[C@@H]1CC[C@]2(O)C#N. The molecule has 0 aromatic carbocycles. The fourth-order valence-electron chi connectivity index (χ4n) is 6.76. The van der Waals surface area contributed by atoms with Gasteiger partial charge in [-0.05, 0) is 74.2 Å². The standard InChI is InChI=1S/C20H27NO2/c1-18-8-5-14(22)11-13(18)3-4-15-16(18)6-9-19(2)17(15)7-10-20(19,23)12-21/h11,15-17,23H,3-10H2,1-2H3/t15-,16-,17-,18+,19+,20+/m1/s1. The molecule has 3 fully saturated rings. The molecule has 0 bridgehead atoms. The molecule has 4 aliphatic carbocycles. The van der Waals surface area contributed by atoms with Gasteiger partial charge in [0.2, 0.25) is 0 Å². The van der Waals surface area contributed by atoms with Crippen molar-refractivity contribution in [1.29, 1.82) is 5.26 Å². The van der Waals surface area contributed by atoms with E-state index in [4.69, 9.17) is 0 Å². The Labute approximate surface area is 138 Å². The molecule has 0 aliphatic heterocycles. The van der Waals surface area contributed by atoms with Crippen LogP contribution in [0.15, 0.2) is 11.6 Å². The highest BCUT2D eigenvalue weighted by Gasteiger charge is 2.64. The lowest BCUT2D eigenvalue weighted by Crippen LogP contribution is -2.54. The van der Waals surface area contributed by atoms with Crippen LogP contribution in [0.5, 0.6) is 0 Å². The Balaban J connectivity index is 1.70. The first-order chi connectivity index (χ1) is 10.8. The Hall–Kier alpha value is -1.14. The molecule has 4 aliphatic rings. The second-order valence-electron chi connectivity index (χ2n) is 8.94. The Morgan fingerprint density at radius 2 is 1.87 bits per heavy atom. The number of carbonyl (C=O) groups excluding carboxylic acids is 1. The van der Waals surface area contributed by atoms with Gasteiger partial charge in [0.1, 0.15) is 0 Å². The van der Waals surface area contributed by atoms with Crippen LogP contribution in [0.3, 0.4) is 0 Å². The second kappa shape index (κ2) is 4.70. The molecule has 0 saturated heterocycles. The molecule has 0 heterocycles. The first-order valence-corrected chi connectivity index (χ1v) is 9.22. The van der Waals surface area contributed by atoms with Gasteiger partial charge < -0.3 is 5.11 Å². The van der Waals surface area contributed by atoms with Gasteiger partial charge in [0.15, 0.2) is 11.4 Å². The van der Waals surface area contributed by atoms with E-state index in [-0.39, 0.29) is 10.8 Å². The van der Waals surface area contributed by atoms with Crippen molar-refractivity contribution in [3.8, 4) is 6.07 Å². The van der Waals surface area contributed by atoms with E-state index >= 15 is 0 Å². The zero-order chi connectivity index (χ0) is 16.5. The van der Waals surface area contributed by atoms with E-state index in [9.17, 15) is 15.2 Å². The van der Waals surface area contributed by atoms with Crippen molar-refractivity contribution in [2.45, 2.75) is 70.8 Å². The number of ketones is 1. The van der Waals surface area contributed by atoms with Crippen molar-refractivity contribution in [1.82, 2.24) is 0 Å². The molecule has 0 radical (unpaired) electrons. The van der Waals surface area contributed by atoms with Crippen LogP contribution < -0.4 is 0 Å². The van der Waals surface area contributed by atoms with Gasteiger partial charge in [0.05, 0.1) is 6.07 Å². The summed E-state index contributed by atoms with van der Waals surface area (Å²) in [5, 5.41) is 20.4. The van der Waals surface area contributed by atoms with Crippen molar-refractivity contribution in [2.75, 3.05) is 0 Å². The maximum Gasteiger partial charge on any atom is 0.156 e. The minimum atomic E-state index is -1.14. The molecule has 0 unspecified atom stereocenters. The number of allylic oxidation sites excluding steroid dienone is 1. The van der Waals surface area contributed by atoms with E-state index in [2.05, 4.69) is 19.9 Å². The third-order valence-electron chi connectivity index (χ3n) is 8.30.